The Morgan fingerprint density at radius 1 is 0.972 bits per heavy atom. The van der Waals surface area contributed by atoms with Crippen LogP contribution in [0.15, 0.2) is 48.5 Å². The van der Waals surface area contributed by atoms with E-state index >= 15 is 0 Å². The van der Waals surface area contributed by atoms with Gasteiger partial charge in [0, 0.05) is 25.4 Å². The molecule has 2 heterocycles. The van der Waals surface area contributed by atoms with E-state index in [1.54, 1.807) is 12.1 Å². The fraction of sp³-hybridized carbons (Fsp3) is 0.480. The largest absolute Gasteiger partial charge is 0.416 e. The molecule has 0 aliphatic carbocycles. The molecule has 2 fully saturated rings. The van der Waals surface area contributed by atoms with Crippen molar-refractivity contribution in [1.29, 1.82) is 0 Å². The number of carbonyl (C=O) groups excluding carboxylic acids is 1. The molecule has 2 aliphatic heterocycles. The van der Waals surface area contributed by atoms with Crippen LogP contribution in [0.25, 0.3) is 0 Å². The van der Waals surface area contributed by atoms with Gasteiger partial charge in [0.05, 0.1) is 43.0 Å². The number of carbonyl (C=O) groups is 1. The molecule has 2 saturated heterocycles. The van der Waals surface area contributed by atoms with E-state index in [1.165, 1.54) is 0 Å². The van der Waals surface area contributed by atoms with E-state index in [2.05, 4.69) is 10.6 Å². The summed E-state index contributed by atoms with van der Waals surface area (Å²) in [4.78, 5) is 14.9. The van der Waals surface area contributed by atoms with Crippen molar-refractivity contribution in [3.8, 4) is 0 Å². The van der Waals surface area contributed by atoms with Crippen LogP contribution < -0.4 is 10.6 Å². The molecular weight excluding hydrogens is 488 g/mol. The van der Waals surface area contributed by atoms with Crippen molar-refractivity contribution in [2.45, 2.75) is 49.8 Å². The minimum atomic E-state index is -4.93. The van der Waals surface area contributed by atoms with Crippen LogP contribution in [-0.2, 0) is 29.2 Å². The molecule has 5 nitrogen and oxygen atoms in total. The summed E-state index contributed by atoms with van der Waals surface area (Å²) in [5.74, 6) is 0. The van der Waals surface area contributed by atoms with E-state index in [9.17, 15) is 31.1 Å². The maximum Gasteiger partial charge on any atom is 0.416 e. The van der Waals surface area contributed by atoms with E-state index in [0.29, 0.717) is 25.1 Å². The Kier molecular flexibility index (Phi) is 7.51. The Hall–Kier alpha value is -2.79. The molecular formula is C25H28F6N3O2+. The third-order valence-electron chi connectivity index (χ3n) is 6.83. The molecule has 2 aromatic rings. The molecule has 2 aliphatic rings. The number of piperidine rings is 1. The SMILES string of the molecule is O=C1NC(COCc2cc(C(F)(F)F)cc(C(F)(F)F)c2)(c2ccccc2)CCN1C1CC[NH2+]CC1. The van der Waals surface area contributed by atoms with E-state index in [-0.39, 0.29) is 30.3 Å². The van der Waals surface area contributed by atoms with Gasteiger partial charge >= 0.3 is 18.4 Å². The third-order valence-corrected chi connectivity index (χ3v) is 6.83. The Morgan fingerprint density at radius 2 is 1.58 bits per heavy atom. The number of amides is 2. The normalized spacial score (nSPS) is 21.9. The minimum absolute atomic E-state index is 0.0912. The zero-order chi connectivity index (χ0) is 26.0. The number of nitrogens with zero attached hydrogens (tertiary/aromatic N) is 1. The maximum atomic E-state index is 13.2. The number of nitrogens with one attached hydrogen (secondary N) is 1. The van der Waals surface area contributed by atoms with Crippen LogP contribution in [0.4, 0.5) is 31.1 Å². The number of halogens is 6. The lowest BCUT2D eigenvalue weighted by atomic mass is 9.85. The summed E-state index contributed by atoms with van der Waals surface area (Å²) in [6, 6.07) is 10.3. The second-order valence-electron chi connectivity index (χ2n) is 9.33. The second-order valence-corrected chi connectivity index (χ2v) is 9.33. The average molecular weight is 517 g/mol. The number of alkyl halides is 6. The van der Waals surface area contributed by atoms with Crippen LogP contribution in [0.2, 0.25) is 0 Å². The van der Waals surface area contributed by atoms with Crippen molar-refractivity contribution in [3.63, 3.8) is 0 Å². The van der Waals surface area contributed by atoms with Crippen LogP contribution in [0.1, 0.15) is 41.5 Å². The third kappa shape index (κ3) is 5.95. The van der Waals surface area contributed by atoms with Crippen molar-refractivity contribution in [3.05, 3.63) is 70.8 Å². The van der Waals surface area contributed by atoms with Gasteiger partial charge in [-0.3, -0.25) is 0 Å². The van der Waals surface area contributed by atoms with Crippen molar-refractivity contribution in [2.75, 3.05) is 26.2 Å². The van der Waals surface area contributed by atoms with Gasteiger partial charge < -0.3 is 20.3 Å². The highest BCUT2D eigenvalue weighted by Gasteiger charge is 2.42. The zero-order valence-electron chi connectivity index (χ0n) is 19.5. The van der Waals surface area contributed by atoms with Crippen molar-refractivity contribution < 1.29 is 41.2 Å². The molecule has 1 unspecified atom stereocenters. The summed E-state index contributed by atoms with van der Waals surface area (Å²) in [6.07, 6.45) is -7.60. The molecule has 3 N–H and O–H groups in total. The Morgan fingerprint density at radius 3 is 2.14 bits per heavy atom. The number of benzene rings is 2. The van der Waals surface area contributed by atoms with Gasteiger partial charge in [-0.05, 0) is 35.7 Å². The van der Waals surface area contributed by atoms with Gasteiger partial charge in [-0.15, -0.1) is 0 Å². The molecule has 4 rings (SSSR count). The fourth-order valence-electron chi connectivity index (χ4n) is 4.93. The van der Waals surface area contributed by atoms with Gasteiger partial charge in [0.2, 0.25) is 0 Å². The summed E-state index contributed by atoms with van der Waals surface area (Å²) in [5.41, 5.74) is -3.22. The molecule has 2 amide bonds. The summed E-state index contributed by atoms with van der Waals surface area (Å²) in [6.45, 7) is 1.78. The van der Waals surface area contributed by atoms with E-state index in [1.807, 2.05) is 23.1 Å². The molecule has 36 heavy (non-hydrogen) atoms. The highest BCUT2D eigenvalue weighted by Crippen LogP contribution is 2.37. The number of hydrogen-bond acceptors (Lipinski definition) is 2. The van der Waals surface area contributed by atoms with Gasteiger partial charge in [-0.1, -0.05) is 30.3 Å². The van der Waals surface area contributed by atoms with Gasteiger partial charge in [-0.25, -0.2) is 4.79 Å². The molecule has 1 atom stereocenters. The van der Waals surface area contributed by atoms with Crippen molar-refractivity contribution >= 4 is 6.03 Å². The lowest BCUT2D eigenvalue weighted by Gasteiger charge is -2.45. The van der Waals surface area contributed by atoms with Crippen LogP contribution in [0.3, 0.4) is 0 Å². The Bertz CT molecular complexity index is 1020. The molecule has 0 spiro atoms. The van der Waals surface area contributed by atoms with Crippen molar-refractivity contribution in [2.24, 2.45) is 0 Å². The monoisotopic (exact) mass is 516 g/mol. The highest BCUT2D eigenvalue weighted by molar-refractivity contribution is 5.77. The molecule has 0 bridgehead atoms. The number of rotatable bonds is 6. The minimum Gasteiger partial charge on any atom is -0.374 e. The number of urea groups is 1. The first-order chi connectivity index (χ1) is 17.0. The first kappa shape index (κ1) is 26.3. The van der Waals surface area contributed by atoms with Gasteiger partial charge in [0.25, 0.3) is 0 Å². The van der Waals surface area contributed by atoms with Gasteiger partial charge in [0.15, 0.2) is 0 Å². The van der Waals surface area contributed by atoms with Crippen LogP contribution in [0.5, 0.6) is 0 Å². The van der Waals surface area contributed by atoms with Crippen LogP contribution >= 0.6 is 0 Å². The Balaban J connectivity index is 1.53. The fourth-order valence-corrected chi connectivity index (χ4v) is 4.93. The standard InChI is InChI=1S/C25H27F6N3O2/c26-24(27,28)19-12-17(13-20(14-19)25(29,30)31)15-36-16-23(18-4-2-1-3-5-18)8-11-34(22(35)33-23)21-6-9-32-10-7-21/h1-5,12-14,21,32H,6-11,15-16H2,(H,33,35)/p+1. The smallest absolute Gasteiger partial charge is 0.374 e. The predicted molar refractivity (Wildman–Crippen MR) is 119 cm³/mol. The first-order valence-corrected chi connectivity index (χ1v) is 11.8. The lowest BCUT2D eigenvalue weighted by Crippen LogP contribution is -2.87. The molecule has 0 saturated carbocycles. The topological polar surface area (TPSA) is 58.2 Å². The molecule has 2 aromatic carbocycles. The lowest BCUT2D eigenvalue weighted by molar-refractivity contribution is -0.663. The number of hydrogen-bond donors (Lipinski definition) is 2. The Labute approximate surface area is 204 Å². The summed E-state index contributed by atoms with van der Waals surface area (Å²) in [7, 11) is 0. The molecule has 0 aromatic heterocycles. The summed E-state index contributed by atoms with van der Waals surface area (Å²) < 4.78 is 84.9. The van der Waals surface area contributed by atoms with E-state index in [0.717, 1.165) is 31.5 Å². The van der Waals surface area contributed by atoms with Gasteiger partial charge in [-0.2, -0.15) is 26.3 Å². The highest BCUT2D eigenvalue weighted by atomic mass is 19.4. The van der Waals surface area contributed by atoms with Gasteiger partial charge in [0.1, 0.15) is 0 Å². The molecule has 11 heteroatoms. The van der Waals surface area contributed by atoms with Crippen LogP contribution in [-0.4, -0.2) is 43.2 Å². The van der Waals surface area contributed by atoms with E-state index < -0.39 is 35.6 Å². The number of nitrogens with two attached hydrogens (primary N) is 1. The van der Waals surface area contributed by atoms with Crippen LogP contribution in [0, 0.1) is 0 Å². The average Bonchev–Trinajstić information content (AvgIpc) is 2.84. The quantitative estimate of drug-likeness (QED) is 0.564. The predicted octanol–water partition coefficient (Wildman–Crippen LogP) is 4.28. The number of quaternary nitrogens is 1. The first-order valence-electron chi connectivity index (χ1n) is 11.8. The molecule has 196 valence electrons. The maximum absolute atomic E-state index is 13.2. The number of ether oxygens (including phenoxy) is 1. The summed E-state index contributed by atoms with van der Waals surface area (Å²) in [5, 5.41) is 5.25. The zero-order valence-corrected chi connectivity index (χ0v) is 19.5. The van der Waals surface area contributed by atoms with E-state index in [4.69, 9.17) is 4.74 Å². The second kappa shape index (κ2) is 10.3. The van der Waals surface area contributed by atoms with Crippen molar-refractivity contribution in [1.82, 2.24) is 10.2 Å². The summed E-state index contributed by atoms with van der Waals surface area (Å²) >= 11 is 0. The molecule has 0 radical (unpaired) electrons.